The van der Waals surface area contributed by atoms with E-state index in [0.717, 1.165) is 5.56 Å². The lowest BCUT2D eigenvalue weighted by Crippen LogP contribution is -2.26. The minimum Gasteiger partial charge on any atom is -0.448 e. The van der Waals surface area contributed by atoms with Crippen LogP contribution in [0.15, 0.2) is 18.2 Å². The number of hydrogen-bond donors (Lipinski definition) is 2. The number of halogens is 2. The van der Waals surface area contributed by atoms with Crippen LogP contribution in [0, 0.1) is 0 Å². The maximum Gasteiger partial charge on any atom is 0.404 e. The highest BCUT2D eigenvalue weighted by molar-refractivity contribution is 6.33. The summed E-state index contributed by atoms with van der Waals surface area (Å²) in [5.74, 6) is 0. The third-order valence-corrected chi connectivity index (χ3v) is 2.80. The van der Waals surface area contributed by atoms with E-state index in [0.29, 0.717) is 16.6 Å². The van der Waals surface area contributed by atoms with Crippen LogP contribution < -0.4 is 11.1 Å². The minimum atomic E-state index is -0.778. The first kappa shape index (κ1) is 14.1. The van der Waals surface area contributed by atoms with Gasteiger partial charge >= 0.3 is 6.09 Å². The second-order valence-corrected chi connectivity index (χ2v) is 4.35. The van der Waals surface area contributed by atoms with Crippen LogP contribution in [0.1, 0.15) is 18.5 Å². The summed E-state index contributed by atoms with van der Waals surface area (Å²) < 4.78 is 4.60. The van der Waals surface area contributed by atoms with Gasteiger partial charge in [0.25, 0.3) is 0 Å². The predicted octanol–water partition coefficient (Wildman–Crippen LogP) is 2.74. The van der Waals surface area contributed by atoms with Gasteiger partial charge in [-0.25, -0.2) is 4.79 Å². The summed E-state index contributed by atoms with van der Waals surface area (Å²) in [6.07, 6.45) is -0.778. The van der Waals surface area contributed by atoms with Crippen LogP contribution in [0.2, 0.25) is 10.0 Å². The van der Waals surface area contributed by atoms with Gasteiger partial charge in [-0.05, 0) is 30.7 Å². The first-order valence-electron chi connectivity index (χ1n) is 5.11. The molecule has 1 aromatic carbocycles. The van der Waals surface area contributed by atoms with Gasteiger partial charge in [0.2, 0.25) is 0 Å². The number of nitrogens with one attached hydrogen (secondary N) is 1. The molecule has 1 unspecified atom stereocenters. The Morgan fingerprint density at radius 2 is 2.24 bits per heavy atom. The summed E-state index contributed by atoms with van der Waals surface area (Å²) in [5.41, 5.74) is 5.74. The SMILES string of the molecule is CC(NCCOC(N)=O)c1cc(Cl)ccc1Cl. The Hall–Kier alpha value is -0.970. The monoisotopic (exact) mass is 276 g/mol. The van der Waals surface area contributed by atoms with E-state index >= 15 is 0 Å². The predicted molar refractivity (Wildman–Crippen MR) is 68.4 cm³/mol. The maximum atomic E-state index is 10.3. The maximum absolute atomic E-state index is 10.3. The van der Waals surface area contributed by atoms with Gasteiger partial charge in [0.05, 0.1) is 0 Å². The van der Waals surface area contributed by atoms with Gasteiger partial charge in [0.1, 0.15) is 6.61 Å². The van der Waals surface area contributed by atoms with E-state index in [1.54, 1.807) is 18.2 Å². The largest absolute Gasteiger partial charge is 0.448 e. The summed E-state index contributed by atoms with van der Waals surface area (Å²) in [5, 5.41) is 4.42. The van der Waals surface area contributed by atoms with Crippen LogP contribution in [0.25, 0.3) is 0 Å². The van der Waals surface area contributed by atoms with E-state index in [9.17, 15) is 4.79 Å². The lowest BCUT2D eigenvalue weighted by Gasteiger charge is -2.15. The van der Waals surface area contributed by atoms with Gasteiger partial charge in [0, 0.05) is 22.6 Å². The van der Waals surface area contributed by atoms with E-state index < -0.39 is 6.09 Å². The van der Waals surface area contributed by atoms with Gasteiger partial charge in [-0.15, -0.1) is 0 Å². The Bertz CT molecular complexity index is 399. The zero-order valence-electron chi connectivity index (χ0n) is 9.37. The Morgan fingerprint density at radius 1 is 1.53 bits per heavy atom. The quantitative estimate of drug-likeness (QED) is 0.813. The first-order chi connectivity index (χ1) is 8.00. The van der Waals surface area contributed by atoms with Gasteiger partial charge in [-0.3, -0.25) is 0 Å². The first-order valence-corrected chi connectivity index (χ1v) is 5.87. The van der Waals surface area contributed by atoms with Gasteiger partial charge in [-0.1, -0.05) is 23.2 Å². The highest BCUT2D eigenvalue weighted by Crippen LogP contribution is 2.25. The molecule has 0 heterocycles. The Morgan fingerprint density at radius 3 is 2.88 bits per heavy atom. The van der Waals surface area contributed by atoms with E-state index in [4.69, 9.17) is 28.9 Å². The summed E-state index contributed by atoms with van der Waals surface area (Å²) in [7, 11) is 0. The molecule has 0 radical (unpaired) electrons. The summed E-state index contributed by atoms with van der Waals surface area (Å²) in [4.78, 5) is 10.3. The lowest BCUT2D eigenvalue weighted by atomic mass is 10.1. The molecule has 1 amide bonds. The number of carbonyl (C=O) groups excluding carboxylic acids is 1. The Kier molecular flexibility index (Phi) is 5.55. The van der Waals surface area contributed by atoms with Crippen LogP contribution in [0.3, 0.4) is 0 Å². The van der Waals surface area contributed by atoms with Crippen molar-refractivity contribution < 1.29 is 9.53 Å². The molecule has 3 N–H and O–H groups in total. The number of primary amides is 1. The molecule has 17 heavy (non-hydrogen) atoms. The zero-order chi connectivity index (χ0) is 12.8. The molecule has 1 rings (SSSR count). The van der Waals surface area contributed by atoms with Crippen molar-refractivity contribution in [1.29, 1.82) is 0 Å². The number of hydrogen-bond acceptors (Lipinski definition) is 3. The van der Waals surface area contributed by atoms with Crippen LogP contribution >= 0.6 is 23.2 Å². The van der Waals surface area contributed by atoms with Crippen molar-refractivity contribution >= 4 is 29.3 Å². The van der Waals surface area contributed by atoms with Gasteiger partial charge in [-0.2, -0.15) is 0 Å². The number of ether oxygens (including phenoxy) is 1. The molecule has 0 saturated heterocycles. The standard InChI is InChI=1S/C11H14Cl2N2O2/c1-7(15-4-5-17-11(14)16)9-6-8(12)2-3-10(9)13/h2-3,6-7,15H,4-5H2,1H3,(H2,14,16). The van der Waals surface area contributed by atoms with E-state index in [1.165, 1.54) is 0 Å². The third-order valence-electron chi connectivity index (χ3n) is 2.22. The van der Waals surface area contributed by atoms with Crippen LogP contribution in [-0.4, -0.2) is 19.2 Å². The van der Waals surface area contributed by atoms with Crippen molar-refractivity contribution in [1.82, 2.24) is 5.32 Å². The smallest absolute Gasteiger partial charge is 0.404 e. The van der Waals surface area contributed by atoms with E-state index in [1.807, 2.05) is 6.92 Å². The molecule has 6 heteroatoms. The van der Waals surface area contributed by atoms with Crippen molar-refractivity contribution in [2.24, 2.45) is 5.73 Å². The summed E-state index contributed by atoms with van der Waals surface area (Å²) in [6, 6.07) is 5.29. The van der Waals surface area contributed by atoms with Crippen LogP contribution in [0.4, 0.5) is 4.79 Å². The number of rotatable bonds is 5. The number of nitrogens with two attached hydrogens (primary N) is 1. The molecule has 0 bridgehead atoms. The molecule has 1 atom stereocenters. The van der Waals surface area contributed by atoms with Gasteiger partial charge in [0.15, 0.2) is 0 Å². The van der Waals surface area contributed by atoms with Crippen molar-refractivity contribution in [2.45, 2.75) is 13.0 Å². The van der Waals surface area contributed by atoms with Crippen LogP contribution in [0.5, 0.6) is 0 Å². The molecule has 1 aromatic rings. The fraction of sp³-hybridized carbons (Fsp3) is 0.364. The Labute approximate surface area is 110 Å². The lowest BCUT2D eigenvalue weighted by molar-refractivity contribution is 0.156. The van der Waals surface area contributed by atoms with Crippen molar-refractivity contribution in [2.75, 3.05) is 13.2 Å². The van der Waals surface area contributed by atoms with Crippen LogP contribution in [-0.2, 0) is 4.74 Å². The third kappa shape index (κ3) is 4.81. The molecule has 0 saturated carbocycles. The molecule has 0 aliphatic carbocycles. The minimum absolute atomic E-state index is 0.0117. The highest BCUT2D eigenvalue weighted by atomic mass is 35.5. The summed E-state index contributed by atoms with van der Waals surface area (Å²) >= 11 is 11.9. The molecular formula is C11H14Cl2N2O2. The van der Waals surface area contributed by atoms with Crippen molar-refractivity contribution in [3.8, 4) is 0 Å². The molecule has 0 spiro atoms. The fourth-order valence-electron chi connectivity index (χ4n) is 1.38. The Balaban J connectivity index is 2.49. The molecule has 0 aromatic heterocycles. The molecule has 4 nitrogen and oxygen atoms in total. The molecule has 0 fully saturated rings. The number of amides is 1. The number of benzene rings is 1. The van der Waals surface area contributed by atoms with E-state index in [2.05, 4.69) is 10.1 Å². The number of carbonyl (C=O) groups is 1. The molecule has 0 aliphatic heterocycles. The highest BCUT2D eigenvalue weighted by Gasteiger charge is 2.09. The molecular weight excluding hydrogens is 263 g/mol. The molecule has 94 valence electrons. The molecule has 0 aliphatic rings. The summed E-state index contributed by atoms with van der Waals surface area (Å²) in [6.45, 7) is 2.66. The van der Waals surface area contributed by atoms with Crippen molar-refractivity contribution in [3.63, 3.8) is 0 Å². The second-order valence-electron chi connectivity index (χ2n) is 3.51. The normalized spacial score (nSPS) is 12.2. The van der Waals surface area contributed by atoms with E-state index in [-0.39, 0.29) is 12.6 Å². The van der Waals surface area contributed by atoms with Crippen molar-refractivity contribution in [3.05, 3.63) is 33.8 Å². The topological polar surface area (TPSA) is 64.3 Å². The zero-order valence-corrected chi connectivity index (χ0v) is 10.9. The average molecular weight is 277 g/mol. The van der Waals surface area contributed by atoms with Gasteiger partial charge < -0.3 is 15.8 Å². The average Bonchev–Trinajstić information content (AvgIpc) is 2.27. The fourth-order valence-corrected chi connectivity index (χ4v) is 1.85. The second kappa shape index (κ2) is 6.69.